The van der Waals surface area contributed by atoms with Crippen molar-refractivity contribution in [3.63, 3.8) is 0 Å². The van der Waals surface area contributed by atoms with Gasteiger partial charge in [-0.15, -0.1) is 0 Å². The van der Waals surface area contributed by atoms with Crippen LogP contribution >= 0.6 is 0 Å². The molecule has 0 radical (unpaired) electrons. The quantitative estimate of drug-likeness (QED) is 0.852. The van der Waals surface area contributed by atoms with E-state index in [1.165, 1.54) is 10.7 Å². The summed E-state index contributed by atoms with van der Waals surface area (Å²) in [5, 5.41) is 4.14. The summed E-state index contributed by atoms with van der Waals surface area (Å²) in [6.45, 7) is 1.76. The van der Waals surface area contributed by atoms with Crippen LogP contribution in [0.1, 0.15) is 11.3 Å². The molecule has 0 amide bonds. The van der Waals surface area contributed by atoms with Crippen molar-refractivity contribution in [3.8, 4) is 11.3 Å². The lowest BCUT2D eigenvalue weighted by molar-refractivity contribution is -0.141. The molecule has 0 aromatic carbocycles. The van der Waals surface area contributed by atoms with Crippen molar-refractivity contribution in [2.75, 3.05) is 5.73 Å². The Morgan fingerprint density at radius 2 is 1.94 bits per heavy atom. The number of aryl methyl sites for hydroxylation is 1. The Morgan fingerprint density at radius 1 is 1.28 bits per heavy atom. The molecule has 7 heteroatoms. The number of nitrogen functional groups attached to an aromatic ring is 1. The molecule has 0 aliphatic carbocycles. The molecule has 96 valence electrons. The summed E-state index contributed by atoms with van der Waals surface area (Å²) in [7, 11) is 1.67. The van der Waals surface area contributed by atoms with E-state index in [-0.39, 0.29) is 0 Å². The Kier molecular flexibility index (Phi) is 2.76. The smallest absolute Gasteiger partial charge is 0.384 e. The third-order valence-electron chi connectivity index (χ3n) is 2.67. The highest BCUT2D eigenvalue weighted by molar-refractivity contribution is 5.67. The van der Waals surface area contributed by atoms with E-state index in [9.17, 15) is 13.2 Å². The number of aromatic nitrogens is 3. The van der Waals surface area contributed by atoms with Gasteiger partial charge in [0.2, 0.25) is 0 Å². The predicted molar refractivity (Wildman–Crippen MR) is 60.6 cm³/mol. The molecule has 0 spiro atoms. The molecule has 18 heavy (non-hydrogen) atoms. The molecule has 2 heterocycles. The van der Waals surface area contributed by atoms with E-state index in [1.807, 2.05) is 0 Å². The van der Waals surface area contributed by atoms with Crippen LogP contribution in [0.15, 0.2) is 18.3 Å². The van der Waals surface area contributed by atoms with Gasteiger partial charge in [0.25, 0.3) is 0 Å². The van der Waals surface area contributed by atoms with Crippen molar-refractivity contribution in [2.45, 2.75) is 13.1 Å². The van der Waals surface area contributed by atoms with Crippen molar-refractivity contribution in [1.82, 2.24) is 14.8 Å². The molecule has 0 aliphatic heterocycles. The van der Waals surface area contributed by atoms with Crippen LogP contribution in [0.4, 0.5) is 19.0 Å². The average Bonchev–Trinajstić information content (AvgIpc) is 2.56. The Bertz CT molecular complexity index is 569. The number of halogens is 3. The van der Waals surface area contributed by atoms with Crippen LogP contribution in [-0.2, 0) is 13.2 Å². The predicted octanol–water partition coefficient (Wildman–Crippen LogP) is 2.39. The van der Waals surface area contributed by atoms with E-state index in [1.54, 1.807) is 14.0 Å². The third-order valence-corrected chi connectivity index (χ3v) is 2.67. The van der Waals surface area contributed by atoms with Crippen molar-refractivity contribution in [2.24, 2.45) is 7.05 Å². The van der Waals surface area contributed by atoms with Gasteiger partial charge in [-0.05, 0) is 19.1 Å². The number of nitrogens with zero attached hydrogens (tertiary/aromatic N) is 3. The monoisotopic (exact) mass is 256 g/mol. The molecule has 2 rings (SSSR count). The Morgan fingerprint density at radius 3 is 2.33 bits per heavy atom. The number of hydrogen-bond donors (Lipinski definition) is 1. The third kappa shape index (κ3) is 2.03. The molecular weight excluding hydrogens is 245 g/mol. The number of anilines is 1. The largest absolute Gasteiger partial charge is 0.433 e. The van der Waals surface area contributed by atoms with Crippen LogP contribution in [0.3, 0.4) is 0 Å². The molecular formula is C11H11F3N4. The van der Waals surface area contributed by atoms with Gasteiger partial charge in [-0.2, -0.15) is 18.3 Å². The standard InChI is InChI=1S/C11H11F3N4/c1-6-9(17-18(2)10(6)15)7-3-4-8(16-5-7)11(12,13)14/h3-5H,15H2,1-2H3. The van der Waals surface area contributed by atoms with Crippen LogP contribution in [-0.4, -0.2) is 14.8 Å². The van der Waals surface area contributed by atoms with E-state index >= 15 is 0 Å². The fraction of sp³-hybridized carbons (Fsp3) is 0.273. The van der Waals surface area contributed by atoms with E-state index in [4.69, 9.17) is 5.73 Å². The van der Waals surface area contributed by atoms with E-state index < -0.39 is 11.9 Å². The fourth-order valence-electron chi connectivity index (χ4n) is 1.62. The highest BCUT2D eigenvalue weighted by Gasteiger charge is 2.32. The molecule has 2 N–H and O–H groups in total. The minimum absolute atomic E-state index is 0.477. The van der Waals surface area contributed by atoms with E-state index in [2.05, 4.69) is 10.1 Å². The summed E-state index contributed by atoms with van der Waals surface area (Å²) in [6, 6.07) is 2.27. The molecule has 0 atom stereocenters. The maximum atomic E-state index is 12.4. The van der Waals surface area contributed by atoms with Gasteiger partial charge in [-0.25, -0.2) is 0 Å². The number of pyridine rings is 1. The zero-order valence-electron chi connectivity index (χ0n) is 9.78. The van der Waals surface area contributed by atoms with Crippen molar-refractivity contribution < 1.29 is 13.2 Å². The van der Waals surface area contributed by atoms with Crippen LogP contribution in [0, 0.1) is 6.92 Å². The number of nitrogens with two attached hydrogens (primary N) is 1. The molecule has 0 saturated heterocycles. The van der Waals surface area contributed by atoms with Gasteiger partial charge in [0.15, 0.2) is 0 Å². The molecule has 2 aromatic rings. The van der Waals surface area contributed by atoms with Gasteiger partial charge in [0.1, 0.15) is 11.5 Å². The first-order chi connectivity index (χ1) is 8.30. The maximum Gasteiger partial charge on any atom is 0.433 e. The summed E-state index contributed by atoms with van der Waals surface area (Å²) in [5.41, 5.74) is 6.58. The maximum absolute atomic E-state index is 12.4. The molecule has 2 aromatic heterocycles. The zero-order valence-corrected chi connectivity index (χ0v) is 9.78. The summed E-state index contributed by atoms with van der Waals surface area (Å²) < 4.78 is 38.6. The van der Waals surface area contributed by atoms with E-state index in [0.29, 0.717) is 17.1 Å². The van der Waals surface area contributed by atoms with Gasteiger partial charge in [0, 0.05) is 24.4 Å². The summed E-state index contributed by atoms with van der Waals surface area (Å²) in [6.07, 6.45) is -3.28. The lowest BCUT2D eigenvalue weighted by atomic mass is 10.1. The average molecular weight is 256 g/mol. The van der Waals surface area contributed by atoms with Gasteiger partial charge >= 0.3 is 6.18 Å². The molecule has 0 unspecified atom stereocenters. The molecule has 0 saturated carbocycles. The summed E-state index contributed by atoms with van der Waals surface area (Å²) in [4.78, 5) is 3.39. The SMILES string of the molecule is Cc1c(-c2ccc(C(F)(F)F)nc2)nn(C)c1N. The first-order valence-electron chi connectivity index (χ1n) is 5.13. The van der Waals surface area contributed by atoms with Crippen molar-refractivity contribution in [3.05, 3.63) is 29.6 Å². The second-order valence-electron chi connectivity index (χ2n) is 3.91. The number of alkyl halides is 3. The zero-order chi connectivity index (χ0) is 13.5. The Balaban J connectivity index is 2.44. The van der Waals surface area contributed by atoms with Crippen molar-refractivity contribution >= 4 is 5.82 Å². The first-order valence-corrected chi connectivity index (χ1v) is 5.13. The first kappa shape index (κ1) is 12.4. The molecule has 0 aliphatic rings. The highest BCUT2D eigenvalue weighted by atomic mass is 19.4. The van der Waals surface area contributed by atoms with Crippen LogP contribution in [0.5, 0.6) is 0 Å². The van der Waals surface area contributed by atoms with Gasteiger partial charge in [-0.1, -0.05) is 0 Å². The van der Waals surface area contributed by atoms with Gasteiger partial charge < -0.3 is 5.73 Å². The highest BCUT2D eigenvalue weighted by Crippen LogP contribution is 2.30. The van der Waals surface area contributed by atoms with Crippen LogP contribution in [0.2, 0.25) is 0 Å². The minimum atomic E-state index is -4.43. The fourth-order valence-corrected chi connectivity index (χ4v) is 1.62. The Labute approximate surface area is 101 Å². The van der Waals surface area contributed by atoms with Gasteiger partial charge in [-0.3, -0.25) is 9.67 Å². The lowest BCUT2D eigenvalue weighted by Gasteiger charge is -2.05. The molecule has 4 nitrogen and oxygen atoms in total. The van der Waals surface area contributed by atoms with Gasteiger partial charge in [0.05, 0.1) is 5.69 Å². The normalized spacial score (nSPS) is 11.8. The summed E-state index contributed by atoms with van der Waals surface area (Å²) >= 11 is 0. The number of hydrogen-bond acceptors (Lipinski definition) is 3. The topological polar surface area (TPSA) is 56.7 Å². The van der Waals surface area contributed by atoms with Crippen LogP contribution < -0.4 is 5.73 Å². The van der Waals surface area contributed by atoms with E-state index in [0.717, 1.165) is 17.8 Å². The Hall–Kier alpha value is -2.05. The lowest BCUT2D eigenvalue weighted by Crippen LogP contribution is -2.07. The van der Waals surface area contributed by atoms with Crippen LogP contribution in [0.25, 0.3) is 11.3 Å². The summed E-state index contributed by atoms with van der Waals surface area (Å²) in [5.74, 6) is 0.477. The molecule has 0 fully saturated rings. The minimum Gasteiger partial charge on any atom is -0.384 e. The molecule has 0 bridgehead atoms. The van der Waals surface area contributed by atoms with Crippen molar-refractivity contribution in [1.29, 1.82) is 0 Å². The number of rotatable bonds is 1. The second kappa shape index (κ2) is 4.01. The second-order valence-corrected chi connectivity index (χ2v) is 3.91.